The van der Waals surface area contributed by atoms with Crippen molar-refractivity contribution < 1.29 is 19.0 Å². The maximum Gasteiger partial charge on any atom is 0.410 e. The van der Waals surface area contributed by atoms with Crippen LogP contribution in [0.3, 0.4) is 0 Å². The fraction of sp³-hybridized carbons (Fsp3) is 0.667. The molecule has 0 spiro atoms. The third-order valence-electron chi connectivity index (χ3n) is 5.27. The van der Waals surface area contributed by atoms with Gasteiger partial charge in [-0.1, -0.05) is 6.07 Å². The van der Waals surface area contributed by atoms with Gasteiger partial charge in [-0.05, 0) is 70.6 Å². The summed E-state index contributed by atoms with van der Waals surface area (Å²) >= 11 is 0. The number of methoxy groups -OCH3 is 2. The van der Waals surface area contributed by atoms with Crippen LogP contribution in [0.25, 0.3) is 0 Å². The van der Waals surface area contributed by atoms with Crippen LogP contribution in [-0.2, 0) is 11.2 Å². The van der Waals surface area contributed by atoms with Crippen molar-refractivity contribution in [2.75, 3.05) is 46.9 Å². The number of piperidine rings is 1. The van der Waals surface area contributed by atoms with Crippen molar-refractivity contribution in [1.29, 1.82) is 0 Å². The first kappa shape index (κ1) is 25.6. The summed E-state index contributed by atoms with van der Waals surface area (Å²) in [5, 5.41) is 6.72. The second-order valence-corrected chi connectivity index (χ2v) is 9.00. The van der Waals surface area contributed by atoms with E-state index in [0.717, 1.165) is 69.4 Å². The molecule has 0 atom stereocenters. The Hall–Kier alpha value is -2.64. The standard InChI is InChI=1S/C24H40N4O4/c1-7-25-22(26-13-10-18-8-9-20(30-5)21(16-18)31-6)27-17-19-11-14-28(15-12-19)23(29)32-24(2,3)4/h8-9,16,19H,7,10-15,17H2,1-6H3,(H2,25,26,27). The van der Waals surface area contributed by atoms with Crippen LogP contribution in [0.2, 0.25) is 0 Å². The van der Waals surface area contributed by atoms with Crippen LogP contribution in [0.1, 0.15) is 46.1 Å². The number of carbonyl (C=O) groups excluding carboxylic acids is 1. The molecule has 0 saturated carbocycles. The van der Waals surface area contributed by atoms with E-state index in [9.17, 15) is 4.79 Å². The van der Waals surface area contributed by atoms with Crippen molar-refractivity contribution in [2.45, 2.75) is 52.6 Å². The Morgan fingerprint density at radius 1 is 1.12 bits per heavy atom. The summed E-state index contributed by atoms with van der Waals surface area (Å²) in [5.41, 5.74) is 0.710. The van der Waals surface area contributed by atoms with E-state index in [0.29, 0.717) is 5.92 Å². The smallest absolute Gasteiger partial charge is 0.410 e. The molecule has 2 N–H and O–H groups in total. The van der Waals surface area contributed by atoms with Crippen molar-refractivity contribution in [3.63, 3.8) is 0 Å². The van der Waals surface area contributed by atoms with Crippen LogP contribution in [0.4, 0.5) is 4.79 Å². The first-order valence-corrected chi connectivity index (χ1v) is 11.5. The lowest BCUT2D eigenvalue weighted by atomic mass is 9.97. The maximum absolute atomic E-state index is 12.2. The Balaban J connectivity index is 1.80. The molecule has 0 aromatic heterocycles. The van der Waals surface area contributed by atoms with E-state index in [1.165, 1.54) is 5.56 Å². The summed E-state index contributed by atoms with van der Waals surface area (Å²) in [7, 11) is 3.29. The van der Waals surface area contributed by atoms with E-state index in [1.807, 2.05) is 39.0 Å². The lowest BCUT2D eigenvalue weighted by Gasteiger charge is -2.33. The molecule has 0 aliphatic carbocycles. The quantitative estimate of drug-likeness (QED) is 0.468. The topological polar surface area (TPSA) is 84.4 Å². The minimum Gasteiger partial charge on any atom is -0.493 e. The fourth-order valence-electron chi connectivity index (χ4n) is 3.55. The monoisotopic (exact) mass is 448 g/mol. The van der Waals surface area contributed by atoms with Gasteiger partial charge in [-0.25, -0.2) is 4.79 Å². The van der Waals surface area contributed by atoms with Gasteiger partial charge in [0.2, 0.25) is 0 Å². The van der Waals surface area contributed by atoms with Gasteiger partial charge in [0.15, 0.2) is 17.5 Å². The van der Waals surface area contributed by atoms with E-state index in [1.54, 1.807) is 19.1 Å². The van der Waals surface area contributed by atoms with Crippen molar-refractivity contribution in [3.8, 4) is 11.5 Å². The van der Waals surface area contributed by atoms with Crippen molar-refractivity contribution in [3.05, 3.63) is 23.8 Å². The molecular weight excluding hydrogens is 408 g/mol. The molecule has 1 aromatic rings. The van der Waals surface area contributed by atoms with Gasteiger partial charge in [0.1, 0.15) is 5.60 Å². The first-order chi connectivity index (χ1) is 15.3. The van der Waals surface area contributed by atoms with Gasteiger partial charge in [0.05, 0.1) is 14.2 Å². The largest absolute Gasteiger partial charge is 0.493 e. The molecule has 1 amide bonds. The molecule has 1 heterocycles. The predicted octanol–water partition coefficient (Wildman–Crippen LogP) is 3.45. The Morgan fingerprint density at radius 3 is 2.41 bits per heavy atom. The number of hydrogen-bond acceptors (Lipinski definition) is 5. The van der Waals surface area contributed by atoms with Crippen LogP contribution in [0, 0.1) is 5.92 Å². The van der Waals surface area contributed by atoms with E-state index in [4.69, 9.17) is 19.2 Å². The zero-order valence-electron chi connectivity index (χ0n) is 20.5. The number of hydrogen-bond donors (Lipinski definition) is 2. The maximum atomic E-state index is 12.2. The lowest BCUT2D eigenvalue weighted by molar-refractivity contribution is 0.0187. The van der Waals surface area contributed by atoms with Crippen molar-refractivity contribution >= 4 is 12.1 Å². The Bertz CT molecular complexity index is 753. The number of likely N-dealkylation sites (tertiary alicyclic amines) is 1. The molecule has 2 rings (SSSR count). The van der Waals surface area contributed by atoms with Gasteiger partial charge in [0, 0.05) is 32.7 Å². The predicted molar refractivity (Wildman–Crippen MR) is 128 cm³/mol. The molecule has 0 unspecified atom stereocenters. The number of amides is 1. The average Bonchev–Trinajstić information content (AvgIpc) is 2.76. The van der Waals surface area contributed by atoms with Crippen molar-refractivity contribution in [1.82, 2.24) is 15.5 Å². The van der Waals surface area contributed by atoms with Gasteiger partial charge >= 0.3 is 6.09 Å². The van der Waals surface area contributed by atoms with Crippen LogP contribution in [0.15, 0.2) is 23.2 Å². The molecule has 1 aliphatic heterocycles. The summed E-state index contributed by atoms with van der Waals surface area (Å²) in [6.07, 6.45) is 2.50. The van der Waals surface area contributed by atoms with Gasteiger partial charge in [-0.2, -0.15) is 0 Å². The SMILES string of the molecule is CCNC(=NCC1CCN(C(=O)OC(C)(C)C)CC1)NCCc1ccc(OC)c(OC)c1. The summed E-state index contributed by atoms with van der Waals surface area (Å²) in [6.45, 7) is 11.5. The van der Waals surface area contributed by atoms with Crippen LogP contribution < -0.4 is 20.1 Å². The minimum atomic E-state index is -0.457. The van der Waals surface area contributed by atoms with Crippen LogP contribution in [0.5, 0.6) is 11.5 Å². The zero-order valence-corrected chi connectivity index (χ0v) is 20.5. The zero-order chi connectivity index (χ0) is 23.6. The van der Waals surface area contributed by atoms with Gasteiger partial charge in [-0.15, -0.1) is 0 Å². The minimum absolute atomic E-state index is 0.218. The third kappa shape index (κ3) is 8.48. The van der Waals surface area contributed by atoms with Crippen LogP contribution in [-0.4, -0.2) is 69.5 Å². The van der Waals surface area contributed by atoms with E-state index >= 15 is 0 Å². The summed E-state index contributed by atoms with van der Waals surface area (Å²) in [6, 6.07) is 5.98. The number of nitrogens with zero attached hydrogens (tertiary/aromatic N) is 2. The first-order valence-electron chi connectivity index (χ1n) is 11.5. The molecule has 0 bridgehead atoms. The van der Waals surface area contributed by atoms with Gasteiger partial charge in [-0.3, -0.25) is 4.99 Å². The number of benzene rings is 1. The fourth-order valence-corrected chi connectivity index (χ4v) is 3.55. The van der Waals surface area contributed by atoms with Gasteiger partial charge in [0.25, 0.3) is 0 Å². The summed E-state index contributed by atoms with van der Waals surface area (Å²) < 4.78 is 16.2. The Labute approximate surface area is 192 Å². The number of nitrogens with one attached hydrogen (secondary N) is 2. The van der Waals surface area contributed by atoms with E-state index < -0.39 is 5.60 Å². The van der Waals surface area contributed by atoms with Crippen molar-refractivity contribution in [2.24, 2.45) is 10.9 Å². The molecule has 8 nitrogen and oxygen atoms in total. The summed E-state index contributed by atoms with van der Waals surface area (Å²) in [4.78, 5) is 18.8. The second-order valence-electron chi connectivity index (χ2n) is 9.00. The molecule has 0 radical (unpaired) electrons. The van der Waals surface area contributed by atoms with E-state index in [2.05, 4.69) is 17.6 Å². The normalized spacial score (nSPS) is 15.3. The highest BCUT2D eigenvalue weighted by atomic mass is 16.6. The van der Waals surface area contributed by atoms with Crippen LogP contribution >= 0.6 is 0 Å². The molecule has 180 valence electrons. The highest BCUT2D eigenvalue weighted by Crippen LogP contribution is 2.27. The molecule has 1 aliphatic rings. The second kappa shape index (κ2) is 12.4. The molecule has 32 heavy (non-hydrogen) atoms. The number of carbonyl (C=O) groups is 1. The van der Waals surface area contributed by atoms with Gasteiger partial charge < -0.3 is 29.7 Å². The molecule has 1 saturated heterocycles. The Kier molecular flexibility index (Phi) is 9.94. The average molecular weight is 449 g/mol. The number of rotatable bonds is 8. The Morgan fingerprint density at radius 2 is 1.81 bits per heavy atom. The highest BCUT2D eigenvalue weighted by molar-refractivity contribution is 5.79. The number of ether oxygens (including phenoxy) is 3. The molecule has 1 fully saturated rings. The number of aliphatic imine (C=N–C) groups is 1. The number of guanidine groups is 1. The molecule has 8 heteroatoms. The highest BCUT2D eigenvalue weighted by Gasteiger charge is 2.26. The summed E-state index contributed by atoms with van der Waals surface area (Å²) in [5.74, 6) is 2.76. The third-order valence-corrected chi connectivity index (χ3v) is 5.27. The lowest BCUT2D eigenvalue weighted by Crippen LogP contribution is -2.42. The molecular formula is C24H40N4O4. The molecule has 1 aromatic carbocycles. The van der Waals surface area contributed by atoms with E-state index in [-0.39, 0.29) is 6.09 Å².